The first-order chi connectivity index (χ1) is 11.0. The summed E-state index contributed by atoms with van der Waals surface area (Å²) in [4.78, 5) is 38.5. The van der Waals surface area contributed by atoms with Crippen molar-refractivity contribution in [1.29, 1.82) is 0 Å². The molecule has 0 aromatic carbocycles. The molecule has 0 spiro atoms. The molecule has 1 saturated carbocycles. The topological polar surface area (TPSA) is 77.9 Å². The van der Waals surface area contributed by atoms with Gasteiger partial charge in [0, 0.05) is 32.5 Å². The minimum atomic E-state index is -0.987. The monoisotopic (exact) mass is 324 g/mol. The number of carboxylic acids is 1. The van der Waals surface area contributed by atoms with Crippen LogP contribution < -0.4 is 0 Å². The molecular weight excluding hydrogens is 296 g/mol. The van der Waals surface area contributed by atoms with Gasteiger partial charge in [0.25, 0.3) is 0 Å². The van der Waals surface area contributed by atoms with Crippen LogP contribution in [-0.2, 0) is 14.4 Å². The van der Waals surface area contributed by atoms with Crippen molar-refractivity contribution < 1.29 is 19.5 Å². The second-order valence-corrected chi connectivity index (χ2v) is 6.86. The smallest absolute Gasteiger partial charge is 0.323 e. The van der Waals surface area contributed by atoms with Crippen LogP contribution in [0.1, 0.15) is 58.3 Å². The highest BCUT2D eigenvalue weighted by molar-refractivity contribution is 5.80. The molecule has 2 aliphatic rings. The number of hydrogen-bond acceptors (Lipinski definition) is 3. The summed E-state index contributed by atoms with van der Waals surface area (Å²) in [6, 6.07) is -0.0760. The second kappa shape index (κ2) is 8.31. The molecule has 1 atom stereocenters. The van der Waals surface area contributed by atoms with E-state index in [0.717, 1.165) is 19.4 Å². The fraction of sp³-hybridized carbons (Fsp3) is 0.824. The van der Waals surface area contributed by atoms with Gasteiger partial charge in [-0.1, -0.05) is 12.8 Å². The summed E-state index contributed by atoms with van der Waals surface area (Å²) in [7, 11) is 0. The van der Waals surface area contributed by atoms with Crippen LogP contribution >= 0.6 is 0 Å². The predicted octanol–water partition coefficient (Wildman–Crippen LogP) is 1.88. The maximum absolute atomic E-state index is 12.4. The highest BCUT2D eigenvalue weighted by Crippen LogP contribution is 2.28. The molecule has 0 bridgehead atoms. The molecule has 0 radical (unpaired) electrons. The molecule has 6 heteroatoms. The number of rotatable bonds is 5. The van der Waals surface area contributed by atoms with Gasteiger partial charge in [-0.15, -0.1) is 0 Å². The van der Waals surface area contributed by atoms with Crippen LogP contribution in [0.3, 0.4) is 0 Å². The molecule has 23 heavy (non-hydrogen) atoms. The third-order valence-electron chi connectivity index (χ3n) is 5.14. The summed E-state index contributed by atoms with van der Waals surface area (Å²) in [6.07, 6.45) is 7.72. The van der Waals surface area contributed by atoms with Crippen molar-refractivity contribution in [2.24, 2.45) is 5.92 Å². The first-order valence-electron chi connectivity index (χ1n) is 8.74. The molecule has 1 aliphatic carbocycles. The van der Waals surface area contributed by atoms with Gasteiger partial charge >= 0.3 is 5.97 Å². The van der Waals surface area contributed by atoms with Gasteiger partial charge in [-0.2, -0.15) is 0 Å². The molecule has 1 unspecified atom stereocenters. The summed E-state index contributed by atoms with van der Waals surface area (Å²) < 4.78 is 0. The number of carbonyl (C=O) groups is 3. The van der Waals surface area contributed by atoms with Gasteiger partial charge in [-0.05, 0) is 38.0 Å². The molecule has 1 saturated heterocycles. The predicted molar refractivity (Wildman–Crippen MR) is 85.8 cm³/mol. The zero-order valence-corrected chi connectivity index (χ0v) is 14.0. The van der Waals surface area contributed by atoms with Crippen molar-refractivity contribution in [3.8, 4) is 0 Å². The molecule has 130 valence electrons. The van der Waals surface area contributed by atoms with E-state index in [9.17, 15) is 14.4 Å². The number of aliphatic carboxylic acids is 1. The Labute approximate surface area is 137 Å². The lowest BCUT2D eigenvalue weighted by molar-refractivity contribution is -0.145. The fourth-order valence-corrected chi connectivity index (χ4v) is 3.87. The molecule has 6 nitrogen and oxygen atoms in total. The van der Waals surface area contributed by atoms with Gasteiger partial charge < -0.3 is 14.9 Å². The maximum Gasteiger partial charge on any atom is 0.323 e. The van der Waals surface area contributed by atoms with E-state index in [2.05, 4.69) is 0 Å². The average Bonchev–Trinajstić information content (AvgIpc) is 2.86. The van der Waals surface area contributed by atoms with Gasteiger partial charge in [-0.25, -0.2) is 0 Å². The zero-order valence-electron chi connectivity index (χ0n) is 14.0. The minimum Gasteiger partial charge on any atom is -0.480 e. The van der Waals surface area contributed by atoms with E-state index in [1.165, 1.54) is 37.5 Å². The largest absolute Gasteiger partial charge is 0.480 e. The lowest BCUT2D eigenvalue weighted by Crippen LogP contribution is -2.43. The molecule has 2 amide bonds. The quantitative estimate of drug-likeness (QED) is 0.837. The molecular formula is C17H28N2O4. The highest BCUT2D eigenvalue weighted by atomic mass is 16.4. The van der Waals surface area contributed by atoms with E-state index in [1.807, 2.05) is 4.90 Å². The van der Waals surface area contributed by atoms with Gasteiger partial charge in [0.1, 0.15) is 6.54 Å². The molecule has 0 aromatic heterocycles. The molecule has 0 aromatic rings. The Morgan fingerprint density at radius 2 is 1.74 bits per heavy atom. The van der Waals surface area contributed by atoms with Crippen LogP contribution in [0.5, 0.6) is 0 Å². The third kappa shape index (κ3) is 5.22. The van der Waals surface area contributed by atoms with E-state index in [4.69, 9.17) is 5.11 Å². The first kappa shape index (κ1) is 17.8. The zero-order chi connectivity index (χ0) is 16.8. The van der Waals surface area contributed by atoms with Crippen LogP contribution in [-0.4, -0.2) is 58.4 Å². The van der Waals surface area contributed by atoms with Crippen molar-refractivity contribution in [3.63, 3.8) is 0 Å². The van der Waals surface area contributed by atoms with Gasteiger partial charge in [0.15, 0.2) is 0 Å². The summed E-state index contributed by atoms with van der Waals surface area (Å²) >= 11 is 0. The Bertz CT molecular complexity index is 446. The number of nitrogens with zero attached hydrogens (tertiary/aromatic N) is 2. The molecule has 2 rings (SSSR count). The second-order valence-electron chi connectivity index (χ2n) is 6.86. The summed E-state index contributed by atoms with van der Waals surface area (Å²) in [5.74, 6) is -0.422. The first-order valence-corrected chi connectivity index (χ1v) is 8.74. The van der Waals surface area contributed by atoms with Crippen molar-refractivity contribution in [1.82, 2.24) is 9.80 Å². The number of carbonyl (C=O) groups excluding carboxylic acids is 2. The Morgan fingerprint density at radius 3 is 2.35 bits per heavy atom. The van der Waals surface area contributed by atoms with Crippen molar-refractivity contribution in [2.45, 2.75) is 64.3 Å². The van der Waals surface area contributed by atoms with E-state index in [-0.39, 0.29) is 24.4 Å². The van der Waals surface area contributed by atoms with Crippen LogP contribution in [0.4, 0.5) is 0 Å². The summed E-state index contributed by atoms with van der Waals surface area (Å²) in [5.41, 5.74) is 0. The Kier molecular flexibility index (Phi) is 6.42. The summed E-state index contributed by atoms with van der Waals surface area (Å²) in [5, 5.41) is 8.97. The normalized spacial score (nSPS) is 22.7. The number of likely N-dealkylation sites (tertiary alicyclic amines) is 1. The molecule has 1 heterocycles. The van der Waals surface area contributed by atoms with E-state index >= 15 is 0 Å². The SMILES string of the molecule is CC(=O)N(CC(=O)O)C1CCCN(C(=O)CC2CCCC2)CC1. The van der Waals surface area contributed by atoms with Crippen molar-refractivity contribution in [2.75, 3.05) is 19.6 Å². The van der Waals surface area contributed by atoms with Crippen molar-refractivity contribution >= 4 is 17.8 Å². The van der Waals surface area contributed by atoms with Crippen LogP contribution in [0, 0.1) is 5.92 Å². The van der Waals surface area contributed by atoms with Gasteiger partial charge in [0.2, 0.25) is 11.8 Å². The van der Waals surface area contributed by atoms with Gasteiger partial charge in [0.05, 0.1) is 0 Å². The minimum absolute atomic E-state index is 0.0760. The van der Waals surface area contributed by atoms with Crippen LogP contribution in [0.15, 0.2) is 0 Å². The van der Waals surface area contributed by atoms with E-state index < -0.39 is 5.97 Å². The van der Waals surface area contributed by atoms with Crippen molar-refractivity contribution in [3.05, 3.63) is 0 Å². The van der Waals surface area contributed by atoms with Crippen LogP contribution in [0.2, 0.25) is 0 Å². The molecule has 1 N–H and O–H groups in total. The average molecular weight is 324 g/mol. The standard InChI is InChI=1S/C17H28N2O4/c1-13(20)19(12-17(22)23)15-7-4-9-18(10-8-15)16(21)11-14-5-2-3-6-14/h14-15H,2-12H2,1H3,(H,22,23). The number of hydrogen-bond donors (Lipinski definition) is 1. The lowest BCUT2D eigenvalue weighted by Gasteiger charge is -2.29. The maximum atomic E-state index is 12.4. The Hall–Kier alpha value is -1.59. The van der Waals surface area contributed by atoms with E-state index in [0.29, 0.717) is 25.3 Å². The fourth-order valence-electron chi connectivity index (χ4n) is 3.87. The number of amides is 2. The molecule has 2 fully saturated rings. The summed E-state index contributed by atoms with van der Waals surface area (Å²) in [6.45, 7) is 2.51. The molecule has 1 aliphatic heterocycles. The Morgan fingerprint density at radius 1 is 1.04 bits per heavy atom. The van der Waals surface area contributed by atoms with Crippen LogP contribution in [0.25, 0.3) is 0 Å². The lowest BCUT2D eigenvalue weighted by atomic mass is 10.0. The number of carboxylic acid groups (broad SMARTS) is 1. The Balaban J connectivity index is 1.88. The third-order valence-corrected chi connectivity index (χ3v) is 5.14. The van der Waals surface area contributed by atoms with E-state index in [1.54, 1.807) is 0 Å². The van der Waals surface area contributed by atoms with Gasteiger partial charge in [-0.3, -0.25) is 14.4 Å². The highest BCUT2D eigenvalue weighted by Gasteiger charge is 2.28.